The van der Waals surface area contributed by atoms with Crippen LogP contribution >= 0.6 is 0 Å². The van der Waals surface area contributed by atoms with E-state index in [1.165, 1.54) is 20.2 Å². The molecule has 17 nitrogen and oxygen atoms in total. The van der Waals surface area contributed by atoms with Crippen LogP contribution in [0.15, 0.2) is 23.6 Å². The zero-order valence-corrected chi connectivity index (χ0v) is 22.8. The molecule has 4 aromatic rings. The van der Waals surface area contributed by atoms with Gasteiger partial charge in [-0.2, -0.15) is 9.97 Å². The third-order valence-corrected chi connectivity index (χ3v) is 6.00. The Labute approximate surface area is 233 Å². The molecule has 0 fully saturated rings. The highest BCUT2D eigenvalue weighted by molar-refractivity contribution is 5.71. The van der Waals surface area contributed by atoms with Crippen molar-refractivity contribution in [2.24, 2.45) is 11.8 Å². The largest absolute Gasteiger partial charge is 0.465 e. The fraction of sp³-hybridized carbons (Fsp3) is 0.500. The second kappa shape index (κ2) is 14.7. The van der Waals surface area contributed by atoms with Gasteiger partial charge >= 0.3 is 17.5 Å². The number of aryl methyl sites for hydroxylation is 2. The summed E-state index contributed by atoms with van der Waals surface area (Å²) in [5.74, 6) is -0.823. The fourth-order valence-electron chi connectivity index (χ4n) is 3.75. The van der Waals surface area contributed by atoms with E-state index in [4.69, 9.17) is 31.2 Å². The maximum absolute atomic E-state index is 11.5. The minimum Gasteiger partial charge on any atom is -0.465 e. The summed E-state index contributed by atoms with van der Waals surface area (Å²) in [6.45, 7) is 3.98. The van der Waals surface area contributed by atoms with Crippen molar-refractivity contribution in [3.63, 3.8) is 0 Å². The highest BCUT2D eigenvalue weighted by atomic mass is 16.5. The zero-order valence-electron chi connectivity index (χ0n) is 22.8. The number of anilines is 2. The second-order valence-electron chi connectivity index (χ2n) is 9.22. The number of carbonyl (C=O) groups excluding carboxylic acids is 2. The SMILES string of the molecule is CC(=O)OCC(CCn1cnc2cnc(N)nc21)COC(C)=O.Nc1nc(=O)c2ncn(CCC(CO)CO)c2[nH]1. The molecule has 0 saturated carbocycles. The van der Waals surface area contributed by atoms with Crippen molar-refractivity contribution in [1.29, 1.82) is 0 Å². The predicted molar refractivity (Wildman–Crippen MR) is 146 cm³/mol. The molecule has 0 unspecified atom stereocenters. The summed E-state index contributed by atoms with van der Waals surface area (Å²) in [4.78, 5) is 56.0. The number of aliphatic hydroxyl groups is 2. The van der Waals surface area contributed by atoms with Crippen molar-refractivity contribution in [3.05, 3.63) is 29.2 Å². The fourth-order valence-corrected chi connectivity index (χ4v) is 3.75. The Morgan fingerprint density at radius 3 is 2.17 bits per heavy atom. The van der Waals surface area contributed by atoms with Crippen LogP contribution in [0.1, 0.15) is 26.7 Å². The van der Waals surface area contributed by atoms with E-state index in [9.17, 15) is 14.4 Å². The maximum atomic E-state index is 11.5. The summed E-state index contributed by atoms with van der Waals surface area (Å²) in [6, 6.07) is 0. The number of esters is 2. The lowest BCUT2D eigenvalue weighted by molar-refractivity contribution is -0.146. The third-order valence-electron chi connectivity index (χ3n) is 6.00. The van der Waals surface area contributed by atoms with Crippen molar-refractivity contribution in [2.75, 3.05) is 37.9 Å². The van der Waals surface area contributed by atoms with Crippen LogP contribution in [-0.4, -0.2) is 87.6 Å². The van der Waals surface area contributed by atoms with Gasteiger partial charge in [-0.15, -0.1) is 0 Å². The Kier molecular flexibility index (Phi) is 11.0. The molecule has 0 aliphatic carbocycles. The zero-order chi connectivity index (χ0) is 29.9. The normalized spacial score (nSPS) is 11.2. The molecule has 0 spiro atoms. The van der Waals surface area contributed by atoms with Crippen LogP contribution in [-0.2, 0) is 32.2 Å². The topological polar surface area (TPSA) is 252 Å². The van der Waals surface area contributed by atoms with Crippen LogP contribution in [0.4, 0.5) is 11.9 Å². The number of carbonyl (C=O) groups is 2. The first-order chi connectivity index (χ1) is 19.6. The molecular formula is C24H34N10O7. The number of aliphatic hydroxyl groups excluding tert-OH is 2. The van der Waals surface area contributed by atoms with Crippen LogP contribution in [0.2, 0.25) is 0 Å². The van der Waals surface area contributed by atoms with E-state index >= 15 is 0 Å². The molecule has 0 bridgehead atoms. The van der Waals surface area contributed by atoms with Gasteiger partial charge in [0, 0.05) is 52.0 Å². The van der Waals surface area contributed by atoms with Crippen LogP contribution in [0.5, 0.6) is 0 Å². The quantitative estimate of drug-likeness (QED) is 0.130. The lowest BCUT2D eigenvalue weighted by atomic mass is 10.1. The molecule has 4 aromatic heterocycles. The van der Waals surface area contributed by atoms with Crippen molar-refractivity contribution >= 4 is 46.2 Å². The molecule has 0 radical (unpaired) electrons. The molecule has 0 aliphatic rings. The number of aromatic amines is 1. The number of hydrogen-bond donors (Lipinski definition) is 5. The van der Waals surface area contributed by atoms with Gasteiger partial charge < -0.3 is 45.3 Å². The van der Waals surface area contributed by atoms with E-state index in [0.717, 1.165) is 0 Å². The first-order valence-corrected chi connectivity index (χ1v) is 12.7. The number of nitrogens with two attached hydrogens (primary N) is 2. The Balaban J connectivity index is 0.000000232. The van der Waals surface area contributed by atoms with Gasteiger partial charge in [0.05, 0.1) is 32.1 Å². The molecule has 4 heterocycles. The average molecular weight is 575 g/mol. The first-order valence-electron chi connectivity index (χ1n) is 12.7. The molecule has 41 heavy (non-hydrogen) atoms. The van der Waals surface area contributed by atoms with Crippen LogP contribution in [0.25, 0.3) is 22.3 Å². The number of hydrogen-bond acceptors (Lipinski definition) is 14. The number of fused-ring (bicyclic) bond motifs is 2. The van der Waals surface area contributed by atoms with Gasteiger partial charge in [0.2, 0.25) is 11.9 Å². The molecule has 0 saturated heterocycles. The first kappa shape index (κ1) is 30.9. The number of nitrogens with one attached hydrogen (secondary N) is 1. The number of nitrogen functional groups attached to an aromatic ring is 2. The van der Waals surface area contributed by atoms with E-state index in [1.54, 1.807) is 17.1 Å². The van der Waals surface area contributed by atoms with Crippen LogP contribution < -0.4 is 17.0 Å². The molecular weight excluding hydrogens is 540 g/mol. The molecule has 17 heteroatoms. The van der Waals surface area contributed by atoms with Crippen molar-refractivity contribution < 1.29 is 29.3 Å². The molecule has 4 rings (SSSR count). The van der Waals surface area contributed by atoms with E-state index in [0.29, 0.717) is 42.7 Å². The van der Waals surface area contributed by atoms with E-state index in [1.807, 2.05) is 4.57 Å². The Morgan fingerprint density at radius 2 is 1.54 bits per heavy atom. The van der Waals surface area contributed by atoms with Gasteiger partial charge in [0.25, 0.3) is 0 Å². The highest BCUT2D eigenvalue weighted by Crippen LogP contribution is 2.14. The summed E-state index contributed by atoms with van der Waals surface area (Å²) >= 11 is 0. The van der Waals surface area contributed by atoms with E-state index < -0.39 is 5.56 Å². The number of rotatable bonds is 12. The average Bonchev–Trinajstić information content (AvgIpc) is 3.52. The summed E-state index contributed by atoms with van der Waals surface area (Å²) in [5, 5.41) is 18.0. The van der Waals surface area contributed by atoms with Gasteiger partial charge in [-0.05, 0) is 12.8 Å². The number of H-pyrrole nitrogens is 1. The monoisotopic (exact) mass is 574 g/mol. The summed E-state index contributed by atoms with van der Waals surface area (Å²) in [6.07, 6.45) is 5.91. The summed E-state index contributed by atoms with van der Waals surface area (Å²) < 4.78 is 13.6. The van der Waals surface area contributed by atoms with Crippen molar-refractivity contribution in [1.82, 2.24) is 39.0 Å². The van der Waals surface area contributed by atoms with Gasteiger partial charge in [-0.3, -0.25) is 14.4 Å². The molecule has 0 aromatic carbocycles. The summed E-state index contributed by atoms with van der Waals surface area (Å²) in [5.41, 5.74) is 12.6. The predicted octanol–water partition coefficient (Wildman–Crippen LogP) is -0.766. The van der Waals surface area contributed by atoms with Crippen LogP contribution in [0.3, 0.4) is 0 Å². The second-order valence-corrected chi connectivity index (χ2v) is 9.22. The van der Waals surface area contributed by atoms with Gasteiger partial charge in [-0.25, -0.2) is 15.0 Å². The van der Waals surface area contributed by atoms with Crippen LogP contribution in [0, 0.1) is 11.8 Å². The summed E-state index contributed by atoms with van der Waals surface area (Å²) in [7, 11) is 0. The van der Waals surface area contributed by atoms with Crippen molar-refractivity contribution in [3.8, 4) is 0 Å². The Bertz CT molecular complexity index is 1490. The van der Waals surface area contributed by atoms with Gasteiger partial charge in [-0.1, -0.05) is 0 Å². The number of aromatic nitrogens is 8. The molecule has 222 valence electrons. The van der Waals surface area contributed by atoms with E-state index in [2.05, 4.69) is 29.9 Å². The molecule has 0 atom stereocenters. The lowest BCUT2D eigenvalue weighted by Gasteiger charge is -2.16. The Morgan fingerprint density at radius 1 is 0.927 bits per heavy atom. The molecule has 0 amide bonds. The minimum atomic E-state index is -0.471. The number of ether oxygens (including phenoxy) is 2. The third kappa shape index (κ3) is 8.94. The minimum absolute atomic E-state index is 0.0371. The van der Waals surface area contributed by atoms with Gasteiger partial charge in [0.1, 0.15) is 11.2 Å². The van der Waals surface area contributed by atoms with Gasteiger partial charge in [0.15, 0.2) is 11.2 Å². The lowest BCUT2D eigenvalue weighted by Crippen LogP contribution is -2.21. The molecule has 0 aliphatic heterocycles. The standard InChI is InChI=1S/C14H19N5O4.C10H15N5O3/c1-9(20)22-6-11(7-23-10(2)21)3-4-19-8-17-12-5-16-14(15)18-13(12)19;11-10-13-8-7(9(18)14-10)12-5-15(8)2-1-6(3-16)4-17/h5,8,11H,3-4,6-7H2,1-2H3,(H2,15,16,18);5-6,16-17H,1-4H2,(H3,11,13,14,18). The van der Waals surface area contributed by atoms with Crippen molar-refractivity contribution in [2.45, 2.75) is 39.8 Å². The maximum Gasteiger partial charge on any atom is 0.302 e. The molecule has 7 N–H and O–H groups in total. The number of imidazole rings is 2. The van der Waals surface area contributed by atoms with E-state index in [-0.39, 0.29) is 67.6 Å². The Hall–Kier alpha value is -4.64. The smallest absolute Gasteiger partial charge is 0.302 e. The number of nitrogens with zero attached hydrogens (tertiary/aromatic N) is 7. The highest BCUT2D eigenvalue weighted by Gasteiger charge is 2.15.